The van der Waals surface area contributed by atoms with Gasteiger partial charge in [0.2, 0.25) is 0 Å². The van der Waals surface area contributed by atoms with Crippen LogP contribution in [0, 0.1) is 0 Å². The van der Waals surface area contributed by atoms with Crippen LogP contribution in [0.1, 0.15) is 33.1 Å². The van der Waals surface area contributed by atoms with Crippen LogP contribution in [0.5, 0.6) is 0 Å². The van der Waals surface area contributed by atoms with E-state index in [4.69, 9.17) is 0 Å². The van der Waals surface area contributed by atoms with Crippen LogP contribution in [0.15, 0.2) is 11.6 Å². The Kier molecular flexibility index (Phi) is 4.46. The summed E-state index contributed by atoms with van der Waals surface area (Å²) in [5.74, 6) is 0. The number of aliphatic hydroxyl groups excluding tert-OH is 1. The minimum absolute atomic E-state index is 0.271. The summed E-state index contributed by atoms with van der Waals surface area (Å²) >= 11 is 0. The zero-order valence-corrected chi connectivity index (χ0v) is 8.79. The fraction of sp³-hybridized carbons (Fsp3) is 0.818. The summed E-state index contributed by atoms with van der Waals surface area (Å²) in [7, 11) is 0. The van der Waals surface area contributed by atoms with E-state index >= 15 is 0 Å². The minimum Gasteiger partial charge on any atom is -0.389 e. The van der Waals surface area contributed by atoms with E-state index in [1.807, 2.05) is 13.0 Å². The van der Waals surface area contributed by atoms with E-state index in [2.05, 4.69) is 11.8 Å². The lowest BCUT2D eigenvalue weighted by Gasteiger charge is -2.28. The Bertz CT molecular complexity index is 165. The third-order valence-corrected chi connectivity index (χ3v) is 2.52. The topological polar surface area (TPSA) is 23.5 Å². The average molecular weight is 183 g/mol. The molecule has 0 aliphatic carbocycles. The van der Waals surface area contributed by atoms with E-state index < -0.39 is 0 Å². The second kappa shape index (κ2) is 5.40. The van der Waals surface area contributed by atoms with Crippen molar-refractivity contribution in [2.45, 2.75) is 39.2 Å². The standard InChI is InChI=1S/C11H21NO/c1-3-6-12-7-4-11(5-8-12)9-10(2)13/h9-10,13H,3-8H2,1-2H3. The number of likely N-dealkylation sites (tertiary alicyclic amines) is 1. The largest absolute Gasteiger partial charge is 0.389 e. The average Bonchev–Trinajstić information content (AvgIpc) is 2.08. The van der Waals surface area contributed by atoms with Gasteiger partial charge in [0.15, 0.2) is 0 Å². The third kappa shape index (κ3) is 3.92. The predicted octanol–water partition coefficient (Wildman–Crippen LogP) is 1.80. The van der Waals surface area contributed by atoms with Crippen molar-refractivity contribution in [1.29, 1.82) is 0 Å². The van der Waals surface area contributed by atoms with Crippen molar-refractivity contribution in [3.05, 3.63) is 11.6 Å². The van der Waals surface area contributed by atoms with Gasteiger partial charge >= 0.3 is 0 Å². The maximum Gasteiger partial charge on any atom is 0.0695 e. The Balaban J connectivity index is 2.30. The molecule has 0 aromatic rings. The molecule has 2 heteroatoms. The summed E-state index contributed by atoms with van der Waals surface area (Å²) in [6, 6.07) is 0. The lowest BCUT2D eigenvalue weighted by molar-refractivity contribution is 0.234. The Morgan fingerprint density at radius 3 is 2.54 bits per heavy atom. The van der Waals surface area contributed by atoms with Gasteiger partial charge in [-0.15, -0.1) is 0 Å². The SMILES string of the molecule is CCCN1CCC(=CC(C)O)CC1. The van der Waals surface area contributed by atoms with E-state index in [9.17, 15) is 5.11 Å². The number of piperidine rings is 1. The lowest BCUT2D eigenvalue weighted by Crippen LogP contribution is -2.31. The molecule has 0 saturated carbocycles. The first kappa shape index (κ1) is 10.7. The highest BCUT2D eigenvalue weighted by molar-refractivity contribution is 5.07. The minimum atomic E-state index is -0.271. The van der Waals surface area contributed by atoms with Crippen molar-refractivity contribution < 1.29 is 5.11 Å². The maximum atomic E-state index is 9.18. The van der Waals surface area contributed by atoms with Gasteiger partial charge in [-0.2, -0.15) is 0 Å². The van der Waals surface area contributed by atoms with Crippen LogP contribution < -0.4 is 0 Å². The molecule has 1 atom stereocenters. The second-order valence-electron chi connectivity index (χ2n) is 3.91. The fourth-order valence-corrected chi connectivity index (χ4v) is 1.89. The molecule has 0 bridgehead atoms. The highest BCUT2D eigenvalue weighted by atomic mass is 16.3. The van der Waals surface area contributed by atoms with Gasteiger partial charge < -0.3 is 10.0 Å². The zero-order valence-electron chi connectivity index (χ0n) is 8.79. The molecule has 1 N–H and O–H groups in total. The normalized spacial score (nSPS) is 21.6. The first-order valence-electron chi connectivity index (χ1n) is 5.32. The van der Waals surface area contributed by atoms with Crippen LogP contribution in [0.4, 0.5) is 0 Å². The first-order chi connectivity index (χ1) is 6.22. The molecule has 0 spiro atoms. The van der Waals surface area contributed by atoms with Gasteiger partial charge in [0.05, 0.1) is 6.10 Å². The molecule has 13 heavy (non-hydrogen) atoms. The monoisotopic (exact) mass is 183 g/mol. The molecule has 0 aromatic carbocycles. The third-order valence-electron chi connectivity index (χ3n) is 2.52. The fourth-order valence-electron chi connectivity index (χ4n) is 1.89. The summed E-state index contributed by atoms with van der Waals surface area (Å²) in [6.45, 7) is 7.62. The van der Waals surface area contributed by atoms with Crippen molar-refractivity contribution in [2.24, 2.45) is 0 Å². The number of hydrogen-bond acceptors (Lipinski definition) is 2. The zero-order chi connectivity index (χ0) is 9.68. The van der Waals surface area contributed by atoms with E-state index in [0.29, 0.717) is 0 Å². The van der Waals surface area contributed by atoms with Crippen LogP contribution in [-0.2, 0) is 0 Å². The number of rotatable bonds is 3. The molecule has 0 radical (unpaired) electrons. The molecule has 0 aromatic heterocycles. The molecular weight excluding hydrogens is 162 g/mol. The molecule has 76 valence electrons. The van der Waals surface area contributed by atoms with Crippen molar-refractivity contribution in [3.63, 3.8) is 0 Å². The molecule has 1 unspecified atom stereocenters. The summed E-state index contributed by atoms with van der Waals surface area (Å²) < 4.78 is 0. The van der Waals surface area contributed by atoms with Gasteiger partial charge in [-0.25, -0.2) is 0 Å². The smallest absolute Gasteiger partial charge is 0.0695 e. The van der Waals surface area contributed by atoms with Gasteiger partial charge in [-0.05, 0) is 32.7 Å². The maximum absolute atomic E-state index is 9.18. The second-order valence-corrected chi connectivity index (χ2v) is 3.91. The first-order valence-corrected chi connectivity index (χ1v) is 5.32. The van der Waals surface area contributed by atoms with Gasteiger partial charge in [0.25, 0.3) is 0 Å². The highest BCUT2D eigenvalue weighted by Gasteiger charge is 2.12. The summed E-state index contributed by atoms with van der Waals surface area (Å²) in [4.78, 5) is 2.50. The molecule has 1 aliphatic rings. The van der Waals surface area contributed by atoms with Crippen molar-refractivity contribution >= 4 is 0 Å². The molecule has 1 saturated heterocycles. The lowest BCUT2D eigenvalue weighted by atomic mass is 10.0. The predicted molar refractivity (Wildman–Crippen MR) is 55.7 cm³/mol. The molecule has 0 amide bonds. The Morgan fingerprint density at radius 2 is 2.08 bits per heavy atom. The van der Waals surface area contributed by atoms with Gasteiger partial charge in [-0.1, -0.05) is 18.6 Å². The number of aliphatic hydroxyl groups is 1. The van der Waals surface area contributed by atoms with Gasteiger partial charge in [0, 0.05) is 13.1 Å². The van der Waals surface area contributed by atoms with E-state index in [-0.39, 0.29) is 6.10 Å². The molecule has 1 aliphatic heterocycles. The van der Waals surface area contributed by atoms with Gasteiger partial charge in [-0.3, -0.25) is 0 Å². The van der Waals surface area contributed by atoms with E-state index in [1.54, 1.807) is 0 Å². The molecular formula is C11H21NO. The molecule has 1 fully saturated rings. The van der Waals surface area contributed by atoms with Crippen molar-refractivity contribution in [3.8, 4) is 0 Å². The van der Waals surface area contributed by atoms with Gasteiger partial charge in [0.1, 0.15) is 0 Å². The summed E-state index contributed by atoms with van der Waals surface area (Å²) in [5.41, 5.74) is 1.43. The van der Waals surface area contributed by atoms with Crippen LogP contribution in [-0.4, -0.2) is 35.7 Å². The summed E-state index contributed by atoms with van der Waals surface area (Å²) in [6.07, 6.45) is 5.27. The Hall–Kier alpha value is -0.340. The number of hydrogen-bond donors (Lipinski definition) is 1. The van der Waals surface area contributed by atoms with Crippen LogP contribution in [0.2, 0.25) is 0 Å². The molecule has 1 heterocycles. The van der Waals surface area contributed by atoms with Crippen LogP contribution in [0.3, 0.4) is 0 Å². The summed E-state index contributed by atoms with van der Waals surface area (Å²) in [5, 5.41) is 9.18. The number of nitrogens with zero attached hydrogens (tertiary/aromatic N) is 1. The van der Waals surface area contributed by atoms with E-state index in [1.165, 1.54) is 31.6 Å². The Labute approximate surface area is 81.2 Å². The van der Waals surface area contributed by atoms with Crippen LogP contribution >= 0.6 is 0 Å². The van der Waals surface area contributed by atoms with Crippen molar-refractivity contribution in [2.75, 3.05) is 19.6 Å². The van der Waals surface area contributed by atoms with Crippen molar-refractivity contribution in [1.82, 2.24) is 4.90 Å². The molecule has 1 rings (SSSR count). The molecule has 2 nitrogen and oxygen atoms in total. The highest BCUT2D eigenvalue weighted by Crippen LogP contribution is 2.16. The quantitative estimate of drug-likeness (QED) is 0.674. The Morgan fingerprint density at radius 1 is 1.46 bits per heavy atom. The van der Waals surface area contributed by atoms with E-state index in [0.717, 1.165) is 12.8 Å². The van der Waals surface area contributed by atoms with Crippen LogP contribution in [0.25, 0.3) is 0 Å².